The van der Waals surface area contributed by atoms with E-state index in [9.17, 15) is 15.0 Å². The predicted molar refractivity (Wildman–Crippen MR) is 138 cm³/mol. The van der Waals surface area contributed by atoms with Gasteiger partial charge in [0.05, 0.1) is 6.10 Å². The zero-order valence-corrected chi connectivity index (χ0v) is 22.0. The van der Waals surface area contributed by atoms with Crippen molar-refractivity contribution < 1.29 is 19.4 Å². The van der Waals surface area contributed by atoms with Crippen LogP contribution >= 0.6 is 0 Å². The number of unbranched alkanes of at least 4 members (excludes halogenated alkanes) is 1. The Hall–Kier alpha value is -1.91. The first-order valence-electron chi connectivity index (χ1n) is 12.2. The molecule has 5 heteroatoms. The van der Waals surface area contributed by atoms with Crippen LogP contribution in [0.4, 0.5) is 0 Å². The van der Waals surface area contributed by atoms with Crippen molar-refractivity contribution in [3.63, 3.8) is 0 Å². The SMILES string of the molecule is CC(C)(C)[Si](C)(C)OC(C=C=CCC[C@@H]1C(CCCCc2ccccc2)=CC[C@@H]1O)C(=O)O. The van der Waals surface area contributed by atoms with Crippen molar-refractivity contribution in [2.24, 2.45) is 5.92 Å². The van der Waals surface area contributed by atoms with E-state index >= 15 is 0 Å². The van der Waals surface area contributed by atoms with Crippen LogP contribution in [0.2, 0.25) is 18.1 Å². The van der Waals surface area contributed by atoms with Gasteiger partial charge in [0, 0.05) is 5.92 Å². The van der Waals surface area contributed by atoms with Crippen LogP contribution in [-0.2, 0) is 15.6 Å². The minimum atomic E-state index is -2.18. The molecule has 0 amide bonds. The quantitative estimate of drug-likeness (QED) is 0.155. The minimum Gasteiger partial charge on any atom is -0.479 e. The minimum absolute atomic E-state index is 0.0549. The molecule has 0 spiro atoms. The fourth-order valence-electron chi connectivity index (χ4n) is 3.95. The molecule has 1 aliphatic carbocycles. The molecule has 2 N–H and O–H groups in total. The van der Waals surface area contributed by atoms with Crippen molar-refractivity contribution >= 4 is 14.3 Å². The lowest BCUT2D eigenvalue weighted by molar-refractivity contribution is -0.143. The molecule has 3 atom stereocenters. The normalized spacial score (nSPS) is 19.5. The van der Waals surface area contributed by atoms with Gasteiger partial charge in [0.15, 0.2) is 14.4 Å². The van der Waals surface area contributed by atoms with Crippen molar-refractivity contribution in [2.45, 2.75) is 96.1 Å². The van der Waals surface area contributed by atoms with Gasteiger partial charge < -0.3 is 14.6 Å². The number of aliphatic hydroxyl groups excluding tert-OH is 1. The number of aryl methyl sites for hydroxylation is 1. The van der Waals surface area contributed by atoms with E-state index < -0.39 is 20.4 Å². The third-order valence-electron chi connectivity index (χ3n) is 7.04. The van der Waals surface area contributed by atoms with Crippen LogP contribution in [0.1, 0.15) is 64.9 Å². The highest BCUT2D eigenvalue weighted by atomic mass is 28.4. The summed E-state index contributed by atoms with van der Waals surface area (Å²) in [5.41, 5.74) is 5.78. The van der Waals surface area contributed by atoms with Gasteiger partial charge in [-0.05, 0) is 80.8 Å². The molecule has 33 heavy (non-hydrogen) atoms. The van der Waals surface area contributed by atoms with Gasteiger partial charge in [-0.3, -0.25) is 0 Å². The maximum atomic E-state index is 11.7. The van der Waals surface area contributed by atoms with Gasteiger partial charge in [-0.1, -0.05) is 62.8 Å². The van der Waals surface area contributed by atoms with Crippen LogP contribution in [0.25, 0.3) is 0 Å². The molecule has 0 radical (unpaired) electrons. The summed E-state index contributed by atoms with van der Waals surface area (Å²) < 4.78 is 6.02. The van der Waals surface area contributed by atoms with Crippen molar-refractivity contribution in [1.82, 2.24) is 0 Å². The molecule has 182 valence electrons. The number of aliphatic hydroxyl groups is 1. The molecule has 1 unspecified atom stereocenters. The molecule has 0 heterocycles. The summed E-state index contributed by atoms with van der Waals surface area (Å²) in [5, 5.41) is 19.9. The summed E-state index contributed by atoms with van der Waals surface area (Å²) in [7, 11) is -2.18. The number of hydrogen-bond acceptors (Lipinski definition) is 3. The van der Waals surface area contributed by atoms with Crippen LogP contribution < -0.4 is 0 Å². The Kier molecular flexibility index (Phi) is 10.4. The van der Waals surface area contributed by atoms with Gasteiger partial charge in [-0.15, -0.1) is 5.73 Å². The van der Waals surface area contributed by atoms with E-state index in [2.05, 4.69) is 69.9 Å². The highest BCUT2D eigenvalue weighted by Crippen LogP contribution is 2.37. The van der Waals surface area contributed by atoms with E-state index in [1.54, 1.807) is 0 Å². The number of aliphatic carboxylic acids is 1. The molecular formula is C28H42O4Si. The molecule has 0 saturated carbocycles. The average Bonchev–Trinajstić information content (AvgIpc) is 3.09. The lowest BCUT2D eigenvalue weighted by atomic mass is 9.90. The first-order valence-corrected chi connectivity index (χ1v) is 15.1. The van der Waals surface area contributed by atoms with E-state index in [1.807, 2.05) is 12.1 Å². The lowest BCUT2D eigenvalue weighted by Crippen LogP contribution is -2.45. The molecular weight excluding hydrogens is 428 g/mol. The molecule has 1 aromatic carbocycles. The Labute approximate surface area is 201 Å². The molecule has 0 aliphatic heterocycles. The smallest absolute Gasteiger partial charge is 0.336 e. The first-order chi connectivity index (χ1) is 15.5. The van der Waals surface area contributed by atoms with Gasteiger partial charge in [0.25, 0.3) is 0 Å². The van der Waals surface area contributed by atoms with E-state index in [0.717, 1.165) is 44.9 Å². The van der Waals surface area contributed by atoms with Crippen LogP contribution in [0.5, 0.6) is 0 Å². The number of carboxylic acids is 1. The number of carbonyl (C=O) groups is 1. The zero-order valence-electron chi connectivity index (χ0n) is 21.0. The van der Waals surface area contributed by atoms with Gasteiger partial charge in [-0.25, -0.2) is 4.79 Å². The molecule has 1 aromatic rings. The van der Waals surface area contributed by atoms with Crippen LogP contribution in [0.15, 0.2) is 59.9 Å². The molecule has 1 aliphatic rings. The Morgan fingerprint density at radius 1 is 1.21 bits per heavy atom. The Morgan fingerprint density at radius 2 is 1.88 bits per heavy atom. The van der Waals surface area contributed by atoms with Crippen molar-refractivity contribution in [3.05, 3.63) is 65.4 Å². The summed E-state index contributed by atoms with van der Waals surface area (Å²) >= 11 is 0. The number of hydrogen-bond donors (Lipinski definition) is 2. The molecule has 0 fully saturated rings. The Morgan fingerprint density at radius 3 is 2.52 bits per heavy atom. The van der Waals surface area contributed by atoms with Crippen molar-refractivity contribution in [3.8, 4) is 0 Å². The molecule has 0 saturated heterocycles. The number of carboxylic acid groups (broad SMARTS) is 1. The van der Waals surface area contributed by atoms with Crippen molar-refractivity contribution in [1.29, 1.82) is 0 Å². The highest BCUT2D eigenvalue weighted by molar-refractivity contribution is 6.74. The zero-order chi connectivity index (χ0) is 24.5. The summed E-state index contributed by atoms with van der Waals surface area (Å²) in [6, 6.07) is 10.6. The van der Waals surface area contributed by atoms with E-state index in [1.165, 1.54) is 17.2 Å². The second-order valence-electron chi connectivity index (χ2n) is 10.6. The first kappa shape index (κ1) is 27.3. The summed E-state index contributed by atoms with van der Waals surface area (Å²) in [5.74, 6) is -0.786. The molecule has 0 aromatic heterocycles. The molecule has 2 rings (SSSR count). The average molecular weight is 471 g/mol. The lowest BCUT2D eigenvalue weighted by Gasteiger charge is -2.37. The third kappa shape index (κ3) is 8.75. The van der Waals surface area contributed by atoms with Gasteiger partial charge in [0.1, 0.15) is 0 Å². The topological polar surface area (TPSA) is 66.8 Å². The molecule has 4 nitrogen and oxygen atoms in total. The third-order valence-corrected chi connectivity index (χ3v) is 11.5. The second kappa shape index (κ2) is 12.5. The van der Waals surface area contributed by atoms with Crippen LogP contribution in [0.3, 0.4) is 0 Å². The fraction of sp³-hybridized carbons (Fsp3) is 0.571. The van der Waals surface area contributed by atoms with Crippen LogP contribution in [-0.4, -0.2) is 36.7 Å². The van der Waals surface area contributed by atoms with E-state index in [4.69, 9.17) is 4.43 Å². The monoisotopic (exact) mass is 470 g/mol. The molecule has 0 bridgehead atoms. The summed E-state index contributed by atoms with van der Waals surface area (Å²) in [6.45, 7) is 10.4. The maximum absolute atomic E-state index is 11.7. The highest BCUT2D eigenvalue weighted by Gasteiger charge is 2.40. The van der Waals surface area contributed by atoms with Crippen LogP contribution in [0, 0.1) is 5.92 Å². The maximum Gasteiger partial charge on any atom is 0.336 e. The van der Waals surface area contributed by atoms with Gasteiger partial charge >= 0.3 is 5.97 Å². The fourth-order valence-corrected chi connectivity index (χ4v) is 5.11. The Bertz CT molecular complexity index is 844. The predicted octanol–water partition coefficient (Wildman–Crippen LogP) is 6.67. The largest absolute Gasteiger partial charge is 0.479 e. The van der Waals surface area contributed by atoms with E-state index in [-0.39, 0.29) is 17.1 Å². The Balaban J connectivity index is 1.83. The second-order valence-corrected chi connectivity index (χ2v) is 15.4. The number of benzene rings is 1. The number of rotatable bonds is 12. The van der Waals surface area contributed by atoms with Crippen molar-refractivity contribution in [2.75, 3.05) is 0 Å². The standard InChI is InChI=1S/C28H42O4Si/c1-28(2,3)33(4,5)32-26(27(30)31)19-11-7-10-18-24-23(20-21-25(24)29)17-13-12-16-22-14-8-6-9-15-22/h6-9,14-15,19-20,24-26,29H,10,12-13,16-18,21H2,1-5H3,(H,30,31)/t11?,24-,25+,26?/m1/s1. The van der Waals surface area contributed by atoms with Gasteiger partial charge in [-0.2, -0.15) is 0 Å². The summed E-state index contributed by atoms with van der Waals surface area (Å²) in [6.07, 6.45) is 11.1. The van der Waals surface area contributed by atoms with Gasteiger partial charge in [0.2, 0.25) is 0 Å². The summed E-state index contributed by atoms with van der Waals surface area (Å²) in [4.78, 5) is 11.7. The van der Waals surface area contributed by atoms with E-state index in [0.29, 0.717) is 0 Å².